The molecule has 29 heavy (non-hydrogen) atoms. The summed E-state index contributed by atoms with van der Waals surface area (Å²) in [5.41, 5.74) is 2.65. The molecule has 1 aromatic rings. The van der Waals surface area contributed by atoms with Crippen LogP contribution in [0.2, 0.25) is 0 Å². The van der Waals surface area contributed by atoms with Crippen molar-refractivity contribution in [1.82, 2.24) is 15.1 Å². The fraction of sp³-hybridized carbons (Fsp3) is 0.636. The van der Waals surface area contributed by atoms with Gasteiger partial charge in [-0.1, -0.05) is 29.8 Å². The van der Waals surface area contributed by atoms with Crippen molar-refractivity contribution in [2.24, 2.45) is 10.9 Å². The molecule has 3 rings (SSSR count). The van der Waals surface area contributed by atoms with E-state index in [1.54, 1.807) is 0 Å². The van der Waals surface area contributed by atoms with Crippen LogP contribution in [0, 0.1) is 12.8 Å². The van der Waals surface area contributed by atoms with Gasteiger partial charge < -0.3 is 15.0 Å². The number of nitrogens with one attached hydrogen (secondary N) is 1. The average Bonchev–Trinajstić information content (AvgIpc) is 3.26. The predicted molar refractivity (Wildman–Crippen MR) is 128 cm³/mol. The van der Waals surface area contributed by atoms with Gasteiger partial charge in [0.1, 0.15) is 0 Å². The number of piperidine rings is 1. The summed E-state index contributed by atoms with van der Waals surface area (Å²) in [5, 5.41) is 3.61. The number of methoxy groups -OCH3 is 1. The molecule has 0 spiro atoms. The van der Waals surface area contributed by atoms with Gasteiger partial charge in [-0.2, -0.15) is 0 Å². The van der Waals surface area contributed by atoms with Gasteiger partial charge in [0.2, 0.25) is 0 Å². The molecule has 1 N–H and O–H groups in total. The molecule has 7 heteroatoms. The van der Waals surface area contributed by atoms with Crippen molar-refractivity contribution in [2.75, 3.05) is 46.9 Å². The van der Waals surface area contributed by atoms with Crippen molar-refractivity contribution >= 4 is 35.9 Å². The molecular formula is C22H35IN4O2. The molecule has 2 fully saturated rings. The first-order chi connectivity index (χ1) is 13.6. The Morgan fingerprint density at radius 2 is 1.79 bits per heavy atom. The van der Waals surface area contributed by atoms with E-state index in [1.165, 1.54) is 31.1 Å². The van der Waals surface area contributed by atoms with Crippen molar-refractivity contribution < 1.29 is 9.53 Å². The predicted octanol–water partition coefficient (Wildman–Crippen LogP) is 3.21. The number of guanidine groups is 1. The van der Waals surface area contributed by atoms with Crippen molar-refractivity contribution in [3.63, 3.8) is 0 Å². The summed E-state index contributed by atoms with van der Waals surface area (Å²) in [6.07, 6.45) is 4.19. The van der Waals surface area contributed by atoms with E-state index in [9.17, 15) is 4.79 Å². The SMILES string of the molecule is CN=C(NCC(c1ccc(C)cc1)N1CCCC1)N1CCC(C(=O)OC)CC1.I. The Balaban J connectivity index is 0.00000300. The highest BCUT2D eigenvalue weighted by Crippen LogP contribution is 2.25. The third-order valence-electron chi connectivity index (χ3n) is 6.04. The summed E-state index contributed by atoms with van der Waals surface area (Å²) in [7, 11) is 3.31. The van der Waals surface area contributed by atoms with Crippen LogP contribution in [0.15, 0.2) is 29.3 Å². The van der Waals surface area contributed by atoms with E-state index in [4.69, 9.17) is 4.74 Å². The van der Waals surface area contributed by atoms with Crippen LogP contribution in [-0.4, -0.2) is 68.6 Å². The second-order valence-electron chi connectivity index (χ2n) is 7.88. The number of esters is 1. The first kappa shape index (κ1) is 23.9. The Morgan fingerprint density at radius 3 is 2.34 bits per heavy atom. The fourth-order valence-electron chi connectivity index (χ4n) is 4.31. The fourth-order valence-corrected chi connectivity index (χ4v) is 4.31. The van der Waals surface area contributed by atoms with E-state index >= 15 is 0 Å². The molecule has 6 nitrogen and oxygen atoms in total. The van der Waals surface area contributed by atoms with Crippen LogP contribution >= 0.6 is 24.0 Å². The molecule has 0 aliphatic carbocycles. The molecular weight excluding hydrogens is 479 g/mol. The Kier molecular flexibility index (Phi) is 9.68. The molecule has 2 saturated heterocycles. The van der Waals surface area contributed by atoms with Crippen molar-refractivity contribution in [1.29, 1.82) is 0 Å². The summed E-state index contributed by atoms with van der Waals surface area (Å²) in [4.78, 5) is 21.1. The van der Waals surface area contributed by atoms with Crippen LogP contribution in [0.5, 0.6) is 0 Å². The van der Waals surface area contributed by atoms with E-state index in [0.717, 1.165) is 51.5 Å². The van der Waals surface area contributed by atoms with E-state index < -0.39 is 0 Å². The minimum absolute atomic E-state index is 0. The first-order valence-corrected chi connectivity index (χ1v) is 10.5. The molecule has 0 saturated carbocycles. The summed E-state index contributed by atoms with van der Waals surface area (Å²) in [6, 6.07) is 9.26. The summed E-state index contributed by atoms with van der Waals surface area (Å²) in [5.74, 6) is 0.861. The maximum atomic E-state index is 11.8. The zero-order valence-corrected chi connectivity index (χ0v) is 20.2. The number of ether oxygens (including phenoxy) is 1. The monoisotopic (exact) mass is 514 g/mol. The number of aryl methyl sites for hydroxylation is 1. The molecule has 0 amide bonds. The molecule has 0 radical (unpaired) electrons. The summed E-state index contributed by atoms with van der Waals surface area (Å²) < 4.78 is 4.90. The zero-order chi connectivity index (χ0) is 19.9. The third kappa shape index (κ3) is 6.31. The largest absolute Gasteiger partial charge is 0.469 e. The van der Waals surface area contributed by atoms with Gasteiger partial charge in [-0.25, -0.2) is 0 Å². The van der Waals surface area contributed by atoms with Gasteiger partial charge in [-0.15, -0.1) is 24.0 Å². The average molecular weight is 514 g/mol. The van der Waals surface area contributed by atoms with Crippen LogP contribution in [0.3, 0.4) is 0 Å². The molecule has 0 bridgehead atoms. The number of benzene rings is 1. The van der Waals surface area contributed by atoms with Crippen LogP contribution in [0.25, 0.3) is 0 Å². The number of nitrogens with zero attached hydrogens (tertiary/aromatic N) is 3. The summed E-state index contributed by atoms with van der Waals surface area (Å²) >= 11 is 0. The van der Waals surface area contributed by atoms with E-state index in [1.807, 2.05) is 7.05 Å². The van der Waals surface area contributed by atoms with Gasteiger partial charge in [0.05, 0.1) is 19.1 Å². The smallest absolute Gasteiger partial charge is 0.308 e. The molecule has 0 aromatic heterocycles. The highest BCUT2D eigenvalue weighted by atomic mass is 127. The van der Waals surface area contributed by atoms with Crippen LogP contribution < -0.4 is 5.32 Å². The topological polar surface area (TPSA) is 57.2 Å². The number of carbonyl (C=O) groups excluding carboxylic acids is 1. The Labute approximate surface area is 192 Å². The van der Waals surface area contributed by atoms with Crippen molar-refractivity contribution in [2.45, 2.75) is 38.6 Å². The standard InChI is InChI=1S/C22H34N4O2.HI/c1-17-6-8-18(9-7-17)20(25-12-4-5-13-25)16-24-22(23-2)26-14-10-19(11-15-26)21(27)28-3;/h6-9,19-20H,4-5,10-16H2,1-3H3,(H,23,24);1H. The second kappa shape index (κ2) is 11.7. The van der Waals surface area contributed by atoms with Crippen molar-refractivity contribution in [3.05, 3.63) is 35.4 Å². The van der Waals surface area contributed by atoms with Gasteiger partial charge in [0, 0.05) is 26.7 Å². The minimum Gasteiger partial charge on any atom is -0.469 e. The summed E-state index contributed by atoms with van der Waals surface area (Å²) in [6.45, 7) is 6.95. The minimum atomic E-state index is -0.0870. The lowest BCUT2D eigenvalue weighted by molar-refractivity contribution is -0.146. The van der Waals surface area contributed by atoms with E-state index in [0.29, 0.717) is 6.04 Å². The highest BCUT2D eigenvalue weighted by Gasteiger charge is 2.28. The van der Waals surface area contributed by atoms with Gasteiger partial charge in [-0.3, -0.25) is 14.7 Å². The van der Waals surface area contributed by atoms with E-state index in [-0.39, 0.29) is 35.9 Å². The van der Waals surface area contributed by atoms with Gasteiger partial charge >= 0.3 is 5.97 Å². The van der Waals surface area contributed by atoms with Gasteiger partial charge in [0.15, 0.2) is 5.96 Å². The lowest BCUT2D eigenvalue weighted by Crippen LogP contribution is -2.48. The van der Waals surface area contributed by atoms with Crippen LogP contribution in [0.1, 0.15) is 42.9 Å². The third-order valence-corrected chi connectivity index (χ3v) is 6.04. The number of hydrogen-bond donors (Lipinski definition) is 1. The maximum Gasteiger partial charge on any atom is 0.308 e. The normalized spacial score (nSPS) is 19.6. The number of hydrogen-bond acceptors (Lipinski definition) is 4. The molecule has 162 valence electrons. The zero-order valence-electron chi connectivity index (χ0n) is 17.9. The molecule has 1 aromatic carbocycles. The number of likely N-dealkylation sites (tertiary alicyclic amines) is 2. The quantitative estimate of drug-likeness (QED) is 0.283. The number of rotatable bonds is 5. The lowest BCUT2D eigenvalue weighted by Gasteiger charge is -2.35. The number of aliphatic imine (C=N–C) groups is 1. The first-order valence-electron chi connectivity index (χ1n) is 10.5. The Hall–Kier alpha value is -1.35. The van der Waals surface area contributed by atoms with Crippen molar-refractivity contribution in [3.8, 4) is 0 Å². The number of halogens is 1. The van der Waals surface area contributed by atoms with Gasteiger partial charge in [-0.05, 0) is 51.3 Å². The lowest BCUT2D eigenvalue weighted by atomic mass is 9.97. The molecule has 2 heterocycles. The molecule has 1 unspecified atom stereocenters. The second-order valence-corrected chi connectivity index (χ2v) is 7.88. The van der Waals surface area contributed by atoms with Crippen LogP contribution in [0.4, 0.5) is 0 Å². The Morgan fingerprint density at radius 1 is 1.17 bits per heavy atom. The number of carbonyl (C=O) groups is 1. The van der Waals surface area contributed by atoms with Gasteiger partial charge in [0.25, 0.3) is 0 Å². The van der Waals surface area contributed by atoms with Crippen LogP contribution in [-0.2, 0) is 9.53 Å². The molecule has 2 aliphatic rings. The molecule has 1 atom stereocenters. The highest BCUT2D eigenvalue weighted by molar-refractivity contribution is 14.0. The maximum absolute atomic E-state index is 11.8. The Bertz CT molecular complexity index is 666. The van der Waals surface area contributed by atoms with E-state index in [2.05, 4.69) is 51.3 Å². The molecule has 2 aliphatic heterocycles.